The lowest BCUT2D eigenvalue weighted by Crippen LogP contribution is -1.96. The van der Waals surface area contributed by atoms with Crippen molar-refractivity contribution in [1.82, 2.24) is 0 Å². The fourth-order valence-electron chi connectivity index (χ4n) is 0.244. The maximum atomic E-state index is 10.3. The molecular formula is C5H10O2S. The molecule has 0 spiro atoms. The van der Waals surface area contributed by atoms with Gasteiger partial charge in [-0.05, 0) is 24.4 Å². The van der Waals surface area contributed by atoms with Gasteiger partial charge >= 0.3 is 5.30 Å². The van der Waals surface area contributed by atoms with Gasteiger partial charge in [-0.1, -0.05) is 6.92 Å². The fourth-order valence-corrected chi connectivity index (χ4v) is 0.446. The first-order valence-corrected chi connectivity index (χ1v) is 3.74. The van der Waals surface area contributed by atoms with Crippen molar-refractivity contribution in [3.05, 3.63) is 0 Å². The highest BCUT2D eigenvalue weighted by molar-refractivity contribution is 8.12. The molecule has 0 saturated heterocycles. The molecule has 0 fully saturated rings. The Balaban J connectivity index is 2.99. The van der Waals surface area contributed by atoms with Crippen molar-refractivity contribution in [2.75, 3.05) is 12.9 Å². The lowest BCUT2D eigenvalue weighted by atomic mass is 10.5. The van der Waals surface area contributed by atoms with Gasteiger partial charge in [0.15, 0.2) is 0 Å². The van der Waals surface area contributed by atoms with Crippen LogP contribution in [0.4, 0.5) is 4.79 Å². The van der Waals surface area contributed by atoms with Crippen LogP contribution in [0.5, 0.6) is 0 Å². The molecular weight excluding hydrogens is 124 g/mol. The van der Waals surface area contributed by atoms with Crippen LogP contribution in [0, 0.1) is 0 Å². The average molecular weight is 134 g/mol. The summed E-state index contributed by atoms with van der Waals surface area (Å²) >= 11 is 1.10. The molecule has 0 heterocycles. The van der Waals surface area contributed by atoms with Crippen molar-refractivity contribution in [3.63, 3.8) is 0 Å². The molecule has 0 aromatic heterocycles. The second kappa shape index (κ2) is 4.97. The molecule has 0 bridgehead atoms. The SMILES string of the molecule is CCCOC(=O)SC. The van der Waals surface area contributed by atoms with E-state index in [9.17, 15) is 4.79 Å². The van der Waals surface area contributed by atoms with Crippen LogP contribution in [0.3, 0.4) is 0 Å². The molecule has 0 aromatic rings. The monoisotopic (exact) mass is 134 g/mol. The van der Waals surface area contributed by atoms with Crippen LogP contribution in [-0.4, -0.2) is 18.2 Å². The third-order valence-electron chi connectivity index (χ3n) is 0.591. The zero-order valence-corrected chi connectivity index (χ0v) is 5.96. The molecule has 0 radical (unpaired) electrons. The third kappa shape index (κ3) is 3.99. The molecule has 0 aliphatic carbocycles. The van der Waals surface area contributed by atoms with E-state index in [1.807, 2.05) is 6.92 Å². The second-order valence-corrected chi connectivity index (χ2v) is 2.04. The minimum atomic E-state index is -0.188. The van der Waals surface area contributed by atoms with E-state index < -0.39 is 0 Å². The van der Waals surface area contributed by atoms with Crippen LogP contribution < -0.4 is 0 Å². The highest BCUT2D eigenvalue weighted by atomic mass is 32.2. The van der Waals surface area contributed by atoms with Gasteiger partial charge in [-0.25, -0.2) is 4.79 Å². The summed E-state index contributed by atoms with van der Waals surface area (Å²) in [5.74, 6) is 0. The first-order valence-electron chi connectivity index (χ1n) is 2.52. The summed E-state index contributed by atoms with van der Waals surface area (Å²) in [4.78, 5) is 10.3. The molecule has 0 aromatic carbocycles. The molecule has 0 atom stereocenters. The Labute approximate surface area is 53.6 Å². The molecule has 0 aliphatic heterocycles. The van der Waals surface area contributed by atoms with Crippen molar-refractivity contribution in [2.24, 2.45) is 0 Å². The summed E-state index contributed by atoms with van der Waals surface area (Å²) in [6, 6.07) is 0. The molecule has 0 amide bonds. The van der Waals surface area contributed by atoms with Crippen molar-refractivity contribution in [2.45, 2.75) is 13.3 Å². The Bertz CT molecular complexity index is 72.8. The van der Waals surface area contributed by atoms with E-state index in [4.69, 9.17) is 0 Å². The Kier molecular flexibility index (Phi) is 4.85. The maximum absolute atomic E-state index is 10.3. The minimum Gasteiger partial charge on any atom is -0.458 e. The summed E-state index contributed by atoms with van der Waals surface area (Å²) in [5, 5.41) is -0.188. The van der Waals surface area contributed by atoms with Crippen molar-refractivity contribution >= 4 is 17.1 Å². The Hall–Kier alpha value is -0.180. The molecule has 0 unspecified atom stereocenters. The van der Waals surface area contributed by atoms with Crippen LogP contribution in [0.2, 0.25) is 0 Å². The average Bonchev–Trinajstić information content (AvgIpc) is 1.83. The lowest BCUT2D eigenvalue weighted by molar-refractivity contribution is 0.175. The third-order valence-corrected chi connectivity index (χ3v) is 1.04. The molecule has 0 aliphatic rings. The van der Waals surface area contributed by atoms with E-state index in [1.54, 1.807) is 6.26 Å². The lowest BCUT2D eigenvalue weighted by Gasteiger charge is -1.96. The van der Waals surface area contributed by atoms with Gasteiger partial charge in [0.2, 0.25) is 0 Å². The molecule has 3 heteroatoms. The number of thioether (sulfide) groups is 1. The highest BCUT2D eigenvalue weighted by Gasteiger charge is 1.94. The van der Waals surface area contributed by atoms with Gasteiger partial charge in [-0.15, -0.1) is 0 Å². The molecule has 2 nitrogen and oxygen atoms in total. The van der Waals surface area contributed by atoms with Crippen molar-refractivity contribution < 1.29 is 9.53 Å². The Morgan fingerprint density at radius 2 is 2.38 bits per heavy atom. The van der Waals surface area contributed by atoms with Crippen LogP contribution in [0.1, 0.15) is 13.3 Å². The van der Waals surface area contributed by atoms with Crippen LogP contribution in [0.15, 0.2) is 0 Å². The van der Waals surface area contributed by atoms with E-state index in [0.29, 0.717) is 6.61 Å². The number of carbonyl (C=O) groups excluding carboxylic acids is 1. The fraction of sp³-hybridized carbons (Fsp3) is 0.800. The van der Waals surface area contributed by atoms with E-state index >= 15 is 0 Å². The first-order chi connectivity index (χ1) is 3.81. The van der Waals surface area contributed by atoms with Gasteiger partial charge in [0.05, 0.1) is 6.61 Å². The van der Waals surface area contributed by atoms with Crippen LogP contribution in [-0.2, 0) is 4.74 Å². The van der Waals surface area contributed by atoms with Gasteiger partial charge in [-0.2, -0.15) is 0 Å². The Morgan fingerprint density at radius 1 is 1.75 bits per heavy atom. The summed E-state index contributed by atoms with van der Waals surface area (Å²) in [6.07, 6.45) is 2.60. The summed E-state index contributed by atoms with van der Waals surface area (Å²) in [5.41, 5.74) is 0. The standard InChI is InChI=1S/C5H10O2S/c1-3-4-7-5(6)8-2/h3-4H2,1-2H3. The summed E-state index contributed by atoms with van der Waals surface area (Å²) in [7, 11) is 0. The van der Waals surface area contributed by atoms with Crippen molar-refractivity contribution in [1.29, 1.82) is 0 Å². The smallest absolute Gasteiger partial charge is 0.367 e. The van der Waals surface area contributed by atoms with E-state index in [-0.39, 0.29) is 5.30 Å². The zero-order chi connectivity index (χ0) is 6.41. The molecule has 0 N–H and O–H groups in total. The number of hydrogen-bond acceptors (Lipinski definition) is 3. The number of carbonyl (C=O) groups is 1. The molecule has 0 rings (SSSR count). The number of hydrogen-bond donors (Lipinski definition) is 0. The molecule has 8 heavy (non-hydrogen) atoms. The van der Waals surface area contributed by atoms with Crippen LogP contribution >= 0.6 is 11.8 Å². The largest absolute Gasteiger partial charge is 0.458 e. The molecule has 48 valence electrons. The van der Waals surface area contributed by atoms with Gasteiger partial charge < -0.3 is 4.74 Å². The summed E-state index contributed by atoms with van der Waals surface area (Å²) in [6.45, 7) is 2.51. The first kappa shape index (κ1) is 7.82. The second-order valence-electron chi connectivity index (χ2n) is 1.30. The van der Waals surface area contributed by atoms with Gasteiger partial charge in [0, 0.05) is 0 Å². The number of ether oxygens (including phenoxy) is 1. The van der Waals surface area contributed by atoms with Gasteiger partial charge in [0.25, 0.3) is 0 Å². The molecule has 0 saturated carbocycles. The predicted octanol–water partition coefficient (Wildman–Crippen LogP) is 1.90. The number of rotatable bonds is 2. The van der Waals surface area contributed by atoms with Gasteiger partial charge in [-0.3, -0.25) is 0 Å². The normalized spacial score (nSPS) is 8.75. The van der Waals surface area contributed by atoms with Crippen LogP contribution in [0.25, 0.3) is 0 Å². The topological polar surface area (TPSA) is 26.3 Å². The highest BCUT2D eigenvalue weighted by Crippen LogP contribution is 1.98. The van der Waals surface area contributed by atoms with E-state index in [2.05, 4.69) is 4.74 Å². The van der Waals surface area contributed by atoms with E-state index in [0.717, 1.165) is 18.2 Å². The minimum absolute atomic E-state index is 0.188. The van der Waals surface area contributed by atoms with E-state index in [1.165, 1.54) is 0 Å². The van der Waals surface area contributed by atoms with Gasteiger partial charge in [0.1, 0.15) is 0 Å². The predicted molar refractivity (Wildman–Crippen MR) is 35.2 cm³/mol. The summed E-state index contributed by atoms with van der Waals surface area (Å²) < 4.78 is 4.66. The Morgan fingerprint density at radius 3 is 2.75 bits per heavy atom. The van der Waals surface area contributed by atoms with Crippen molar-refractivity contribution in [3.8, 4) is 0 Å². The maximum Gasteiger partial charge on any atom is 0.367 e. The quantitative estimate of drug-likeness (QED) is 0.539. The zero-order valence-electron chi connectivity index (χ0n) is 5.14.